The van der Waals surface area contributed by atoms with Crippen molar-refractivity contribution < 1.29 is 13.2 Å². The number of anilines is 1. The Morgan fingerprint density at radius 1 is 1.12 bits per heavy atom. The maximum absolute atomic E-state index is 11.8. The molecule has 4 rings (SSSR count). The SMILES string of the molecule is CS(=O)(=O)c1ccc2c(c1)CCN(c1cc(OCC3CC3)ccn1)CC2. The van der Waals surface area contributed by atoms with Crippen LogP contribution in [0.15, 0.2) is 41.4 Å². The van der Waals surface area contributed by atoms with Crippen LogP contribution in [0.5, 0.6) is 5.75 Å². The van der Waals surface area contributed by atoms with Crippen LogP contribution < -0.4 is 9.64 Å². The van der Waals surface area contributed by atoms with Crippen molar-refractivity contribution in [2.75, 3.05) is 30.9 Å². The van der Waals surface area contributed by atoms with E-state index in [9.17, 15) is 8.42 Å². The summed E-state index contributed by atoms with van der Waals surface area (Å²) in [6.07, 6.45) is 7.31. The Morgan fingerprint density at radius 3 is 2.62 bits per heavy atom. The molecule has 1 aromatic carbocycles. The number of hydrogen-bond acceptors (Lipinski definition) is 5. The summed E-state index contributed by atoms with van der Waals surface area (Å²) >= 11 is 0. The Morgan fingerprint density at radius 2 is 1.88 bits per heavy atom. The summed E-state index contributed by atoms with van der Waals surface area (Å²) in [7, 11) is -3.17. The monoisotopic (exact) mass is 372 g/mol. The van der Waals surface area contributed by atoms with Crippen molar-refractivity contribution in [2.45, 2.75) is 30.6 Å². The van der Waals surface area contributed by atoms with E-state index in [1.807, 2.05) is 24.3 Å². The van der Waals surface area contributed by atoms with Crippen molar-refractivity contribution in [1.29, 1.82) is 0 Å². The lowest BCUT2D eigenvalue weighted by atomic mass is 10.0. The second kappa shape index (κ2) is 6.91. The van der Waals surface area contributed by atoms with Crippen LogP contribution in [0.25, 0.3) is 0 Å². The number of pyridine rings is 1. The molecule has 2 aliphatic rings. The molecule has 0 N–H and O–H groups in total. The molecular formula is C20H24N2O3S. The lowest BCUT2D eigenvalue weighted by Crippen LogP contribution is -2.26. The fourth-order valence-electron chi connectivity index (χ4n) is 3.32. The van der Waals surface area contributed by atoms with E-state index < -0.39 is 9.84 Å². The van der Waals surface area contributed by atoms with Gasteiger partial charge in [0.05, 0.1) is 11.5 Å². The molecule has 1 fully saturated rings. The summed E-state index contributed by atoms with van der Waals surface area (Å²) in [6, 6.07) is 9.43. The molecule has 0 radical (unpaired) electrons. The largest absolute Gasteiger partial charge is 0.493 e. The van der Waals surface area contributed by atoms with E-state index in [0.29, 0.717) is 4.90 Å². The van der Waals surface area contributed by atoms with Crippen LogP contribution in [0.4, 0.5) is 5.82 Å². The highest BCUT2D eigenvalue weighted by atomic mass is 32.2. The highest BCUT2D eigenvalue weighted by Crippen LogP contribution is 2.30. The first-order valence-electron chi connectivity index (χ1n) is 9.15. The van der Waals surface area contributed by atoms with Gasteiger partial charge in [0.15, 0.2) is 9.84 Å². The second-order valence-electron chi connectivity index (χ2n) is 7.29. The molecule has 0 saturated heterocycles. The quantitative estimate of drug-likeness (QED) is 0.808. The van der Waals surface area contributed by atoms with E-state index in [1.165, 1.54) is 24.7 Å². The number of benzene rings is 1. The summed E-state index contributed by atoms with van der Waals surface area (Å²) in [5.74, 6) is 2.53. The van der Waals surface area contributed by atoms with Crippen molar-refractivity contribution >= 4 is 15.7 Å². The highest BCUT2D eigenvalue weighted by molar-refractivity contribution is 7.90. The van der Waals surface area contributed by atoms with E-state index in [-0.39, 0.29) is 0 Å². The smallest absolute Gasteiger partial charge is 0.175 e. The van der Waals surface area contributed by atoms with Crippen LogP contribution in [0.3, 0.4) is 0 Å². The standard InChI is InChI=1S/C20H24N2O3S/c1-26(23,24)19-5-4-16-7-10-22(11-8-17(16)12-19)20-13-18(6-9-21-20)25-14-15-2-3-15/h4-6,9,12-13,15H,2-3,7-8,10-11,14H2,1H3. The number of sulfone groups is 1. The second-order valence-corrected chi connectivity index (χ2v) is 9.31. The molecule has 0 unspecified atom stereocenters. The van der Waals surface area contributed by atoms with Crippen molar-refractivity contribution in [3.8, 4) is 5.75 Å². The molecule has 6 heteroatoms. The minimum absolute atomic E-state index is 0.401. The summed E-state index contributed by atoms with van der Waals surface area (Å²) in [5, 5.41) is 0. The molecular weight excluding hydrogens is 348 g/mol. The van der Waals surface area contributed by atoms with Gasteiger partial charge in [-0.05, 0) is 60.9 Å². The minimum atomic E-state index is -3.17. The van der Waals surface area contributed by atoms with E-state index in [0.717, 1.165) is 55.6 Å². The van der Waals surface area contributed by atoms with Crippen LogP contribution in [0, 0.1) is 5.92 Å². The molecule has 0 bridgehead atoms. The zero-order chi connectivity index (χ0) is 18.1. The first kappa shape index (κ1) is 17.3. The summed E-state index contributed by atoms with van der Waals surface area (Å²) in [4.78, 5) is 7.17. The lowest BCUT2D eigenvalue weighted by molar-refractivity contribution is 0.299. The highest BCUT2D eigenvalue weighted by Gasteiger charge is 2.22. The number of rotatable bonds is 5. The summed E-state index contributed by atoms with van der Waals surface area (Å²) in [6.45, 7) is 2.48. The van der Waals surface area contributed by atoms with Gasteiger partial charge in [0.25, 0.3) is 0 Å². The van der Waals surface area contributed by atoms with Gasteiger partial charge in [-0.1, -0.05) is 6.07 Å². The normalized spacial score (nSPS) is 17.5. The Hall–Kier alpha value is -2.08. The maximum Gasteiger partial charge on any atom is 0.175 e. The first-order chi connectivity index (χ1) is 12.5. The van der Waals surface area contributed by atoms with Crippen LogP contribution in [-0.2, 0) is 22.7 Å². The molecule has 5 nitrogen and oxygen atoms in total. The van der Waals surface area contributed by atoms with Crippen molar-refractivity contribution in [1.82, 2.24) is 4.98 Å². The topological polar surface area (TPSA) is 59.5 Å². The molecule has 0 spiro atoms. The number of aromatic nitrogens is 1. The Bertz CT molecular complexity index is 907. The van der Waals surface area contributed by atoms with Gasteiger partial charge in [-0.2, -0.15) is 0 Å². The van der Waals surface area contributed by atoms with Gasteiger partial charge in [-0.15, -0.1) is 0 Å². The van der Waals surface area contributed by atoms with E-state index in [4.69, 9.17) is 4.74 Å². The Kier molecular flexibility index (Phi) is 4.61. The predicted octanol–water partition coefficient (Wildman–Crippen LogP) is 2.88. The van der Waals surface area contributed by atoms with Crippen LogP contribution in [0.1, 0.15) is 24.0 Å². The van der Waals surface area contributed by atoms with Gasteiger partial charge in [-0.3, -0.25) is 0 Å². The number of nitrogens with zero attached hydrogens (tertiary/aromatic N) is 2. The molecule has 1 aromatic heterocycles. The third kappa shape index (κ3) is 4.01. The minimum Gasteiger partial charge on any atom is -0.493 e. The zero-order valence-corrected chi connectivity index (χ0v) is 15.8. The summed E-state index contributed by atoms with van der Waals surface area (Å²) in [5.41, 5.74) is 2.35. The van der Waals surface area contributed by atoms with Gasteiger partial charge >= 0.3 is 0 Å². The average Bonchev–Trinajstić information content (AvgIpc) is 3.45. The molecule has 1 aliphatic heterocycles. The number of ether oxygens (including phenoxy) is 1. The first-order valence-corrected chi connectivity index (χ1v) is 11.0. The molecule has 2 heterocycles. The van der Waals surface area contributed by atoms with Crippen LogP contribution >= 0.6 is 0 Å². The fraction of sp³-hybridized carbons (Fsp3) is 0.450. The van der Waals surface area contributed by atoms with Gasteiger partial charge in [-0.25, -0.2) is 13.4 Å². The van der Waals surface area contributed by atoms with Gasteiger partial charge in [0, 0.05) is 31.6 Å². The van der Waals surface area contributed by atoms with Gasteiger partial charge in [0.1, 0.15) is 11.6 Å². The maximum atomic E-state index is 11.8. The van der Waals surface area contributed by atoms with E-state index in [1.54, 1.807) is 12.3 Å². The van der Waals surface area contributed by atoms with E-state index >= 15 is 0 Å². The number of fused-ring (bicyclic) bond motifs is 1. The fourth-order valence-corrected chi connectivity index (χ4v) is 3.99. The lowest BCUT2D eigenvalue weighted by Gasteiger charge is -2.21. The predicted molar refractivity (Wildman–Crippen MR) is 102 cm³/mol. The molecule has 138 valence electrons. The Balaban J connectivity index is 1.49. The zero-order valence-electron chi connectivity index (χ0n) is 15.0. The van der Waals surface area contributed by atoms with Gasteiger partial charge < -0.3 is 9.64 Å². The molecule has 2 aromatic rings. The van der Waals surface area contributed by atoms with E-state index in [2.05, 4.69) is 9.88 Å². The van der Waals surface area contributed by atoms with Crippen molar-refractivity contribution in [3.05, 3.63) is 47.7 Å². The molecule has 26 heavy (non-hydrogen) atoms. The molecule has 1 aliphatic carbocycles. The van der Waals surface area contributed by atoms with Crippen molar-refractivity contribution in [3.63, 3.8) is 0 Å². The third-order valence-electron chi connectivity index (χ3n) is 5.13. The third-order valence-corrected chi connectivity index (χ3v) is 6.24. The molecule has 0 atom stereocenters. The summed E-state index contributed by atoms with van der Waals surface area (Å²) < 4.78 is 29.5. The van der Waals surface area contributed by atoms with Gasteiger partial charge in [0.2, 0.25) is 0 Å². The Labute approximate surface area is 154 Å². The molecule has 0 amide bonds. The average molecular weight is 372 g/mol. The van der Waals surface area contributed by atoms with Crippen molar-refractivity contribution in [2.24, 2.45) is 5.92 Å². The molecule has 1 saturated carbocycles. The van der Waals surface area contributed by atoms with Crippen LogP contribution in [0.2, 0.25) is 0 Å². The number of hydrogen-bond donors (Lipinski definition) is 0. The van der Waals surface area contributed by atoms with Crippen LogP contribution in [-0.4, -0.2) is 39.4 Å².